The lowest BCUT2D eigenvalue weighted by molar-refractivity contribution is 1.14. The molecule has 330 valence electrons. The fraction of sp³-hybridized carbons (Fsp3) is 0.0312. The van der Waals surface area contributed by atoms with E-state index in [2.05, 4.69) is 199 Å². The number of para-hydroxylation sites is 1. The summed E-state index contributed by atoms with van der Waals surface area (Å²) in [5.41, 5.74) is 12.0. The maximum absolute atomic E-state index is 12.2. The Hall–Kier alpha value is -8.56. The molecule has 0 aliphatic heterocycles. The van der Waals surface area contributed by atoms with Crippen molar-refractivity contribution in [2.75, 3.05) is 0 Å². The van der Waals surface area contributed by atoms with Gasteiger partial charge in [0.05, 0.1) is 59.7 Å². The highest BCUT2D eigenvalue weighted by Crippen LogP contribution is 2.56. The molecule has 0 N–H and O–H groups in total. The molecule has 0 bridgehead atoms. The third-order valence-corrected chi connectivity index (χ3v) is 18.5. The van der Waals surface area contributed by atoms with Crippen molar-refractivity contribution < 1.29 is 0 Å². The smallest absolute Gasteiger partial charge is 0.220 e. The second-order valence-corrected chi connectivity index (χ2v) is 21.7. The molecule has 0 amide bonds. The number of thiophene rings is 3. The van der Waals surface area contributed by atoms with Crippen molar-refractivity contribution in [3.05, 3.63) is 210 Å². The number of nitrogens with zero attached hydrogens (tertiary/aromatic N) is 4. The molecule has 4 nitrogen and oxygen atoms in total. The largest absolute Gasteiger partial charge is 0.316 e. The van der Waals surface area contributed by atoms with Crippen molar-refractivity contribution in [3.8, 4) is 39.7 Å². The van der Waals surface area contributed by atoms with E-state index in [4.69, 9.17) is 4.85 Å². The van der Waals surface area contributed by atoms with Crippen molar-refractivity contribution in [2.24, 2.45) is 0 Å². The van der Waals surface area contributed by atoms with E-state index in [0.29, 0.717) is 16.8 Å². The number of nitriles is 1. The average molecular weight is 957 g/mol. The van der Waals surface area contributed by atoms with Gasteiger partial charge >= 0.3 is 0 Å². The van der Waals surface area contributed by atoms with Crippen LogP contribution in [0.1, 0.15) is 16.7 Å². The van der Waals surface area contributed by atoms with Crippen LogP contribution in [-0.4, -0.2) is 9.13 Å². The van der Waals surface area contributed by atoms with Gasteiger partial charge < -0.3 is 9.13 Å². The summed E-state index contributed by atoms with van der Waals surface area (Å²) in [6.45, 7) is 13.9. The van der Waals surface area contributed by atoms with Crippen LogP contribution in [0.4, 0.5) is 5.69 Å². The molecule has 15 aromatic rings. The van der Waals surface area contributed by atoms with E-state index >= 15 is 0 Å². The highest BCUT2D eigenvalue weighted by molar-refractivity contribution is 7.27. The topological polar surface area (TPSA) is 38.0 Å². The zero-order chi connectivity index (χ0) is 47.2. The quantitative estimate of drug-likeness (QED) is 0.162. The van der Waals surface area contributed by atoms with E-state index in [-0.39, 0.29) is 0 Å². The fourth-order valence-electron chi connectivity index (χ4n) is 11.8. The van der Waals surface area contributed by atoms with Gasteiger partial charge in [0, 0.05) is 79.1 Å². The molecule has 0 fully saturated rings. The van der Waals surface area contributed by atoms with Crippen LogP contribution in [0.25, 0.3) is 143 Å². The molecule has 71 heavy (non-hydrogen) atoms. The number of hydrogen-bond acceptors (Lipinski definition) is 4. The monoisotopic (exact) mass is 956 g/mol. The summed E-state index contributed by atoms with van der Waals surface area (Å²) in [5.74, 6) is 0. The summed E-state index contributed by atoms with van der Waals surface area (Å²) < 4.78 is 12.0. The van der Waals surface area contributed by atoms with Gasteiger partial charge in [-0.1, -0.05) is 158 Å². The minimum atomic E-state index is 0.445. The van der Waals surface area contributed by atoms with Gasteiger partial charge in [0.25, 0.3) is 0 Å². The van der Waals surface area contributed by atoms with Crippen molar-refractivity contribution in [2.45, 2.75) is 13.8 Å². The van der Waals surface area contributed by atoms with Crippen LogP contribution >= 0.6 is 34.0 Å². The van der Waals surface area contributed by atoms with E-state index in [1.807, 2.05) is 34.8 Å². The van der Waals surface area contributed by atoms with Gasteiger partial charge in [0.1, 0.15) is 6.07 Å². The lowest BCUT2D eigenvalue weighted by atomic mass is 9.86. The van der Waals surface area contributed by atoms with Crippen molar-refractivity contribution >= 4 is 144 Å². The standard InChI is InChI=1S/C64H36N4S3/c1-35-16-4-6-18-37(35)54-49(34-65)57(67-50-24-12-8-20-39(50)43-28-31-46-40-21-9-13-25-51(40)69-62(46)58(43)67)55(38-19-7-5-17-36(38)2)61(56(54)66-3)68-59-44(29-32-47-41-22-10-14-26-52(41)70-63(47)59)45-30-33-48-42-23-11-15-27-53(42)71-64(48)60(45)68/h4-33H,1-2H3. The van der Waals surface area contributed by atoms with Gasteiger partial charge in [-0.2, -0.15) is 5.26 Å². The van der Waals surface area contributed by atoms with Gasteiger partial charge in [-0.05, 0) is 60.4 Å². The predicted molar refractivity (Wildman–Crippen MR) is 305 cm³/mol. The number of benzene rings is 10. The minimum Gasteiger partial charge on any atom is -0.316 e. The van der Waals surface area contributed by atoms with Crippen molar-refractivity contribution in [3.63, 3.8) is 0 Å². The molecule has 0 atom stereocenters. The third kappa shape index (κ3) is 5.40. The van der Waals surface area contributed by atoms with Crippen LogP contribution in [0.15, 0.2) is 182 Å². The average Bonchev–Trinajstić information content (AvgIpc) is 4.24. The first kappa shape index (κ1) is 40.3. The Labute approximate surface area is 419 Å². The molecule has 5 aromatic heterocycles. The molecular weight excluding hydrogens is 921 g/mol. The second kappa shape index (κ2) is 15.0. The van der Waals surface area contributed by atoms with Crippen molar-refractivity contribution in [1.82, 2.24) is 9.13 Å². The molecule has 0 radical (unpaired) electrons. The molecular formula is C64H36N4S3. The van der Waals surface area contributed by atoms with Crippen molar-refractivity contribution in [1.29, 1.82) is 5.26 Å². The lowest BCUT2D eigenvalue weighted by Gasteiger charge is -2.27. The maximum Gasteiger partial charge on any atom is 0.220 e. The first-order valence-electron chi connectivity index (χ1n) is 23.7. The van der Waals surface area contributed by atoms with Gasteiger partial charge in [0.15, 0.2) is 0 Å². The van der Waals surface area contributed by atoms with Crippen LogP contribution in [-0.2, 0) is 0 Å². The van der Waals surface area contributed by atoms with Gasteiger partial charge in [-0.25, -0.2) is 4.85 Å². The predicted octanol–water partition coefficient (Wildman–Crippen LogP) is 19.4. The Morgan fingerprint density at radius 1 is 0.408 bits per heavy atom. The summed E-state index contributed by atoms with van der Waals surface area (Å²) in [4.78, 5) is 4.73. The molecule has 0 saturated carbocycles. The SMILES string of the molecule is [C-]#[N+]c1c(-c2ccccc2C)c(C#N)c(-n2c3ccccc3c3ccc4c5ccccc5sc4c32)c(-c2ccccc2C)c1-n1c2c(ccc3c4ccccc4sc32)c2ccc3c4ccccc4sc3c21. The van der Waals surface area contributed by atoms with Crippen LogP contribution in [0.3, 0.4) is 0 Å². The summed E-state index contributed by atoms with van der Waals surface area (Å²) >= 11 is 5.43. The first-order valence-corrected chi connectivity index (χ1v) is 26.1. The molecule has 0 aliphatic carbocycles. The summed E-state index contributed by atoms with van der Waals surface area (Å²) in [6, 6.07) is 68.2. The Kier molecular flexibility index (Phi) is 8.51. The second-order valence-electron chi connectivity index (χ2n) is 18.5. The lowest BCUT2D eigenvalue weighted by Crippen LogP contribution is -2.09. The first-order chi connectivity index (χ1) is 35.0. The van der Waals surface area contributed by atoms with E-state index in [1.54, 1.807) is 11.3 Å². The zero-order valence-electron chi connectivity index (χ0n) is 38.3. The third-order valence-electron chi connectivity index (χ3n) is 14.9. The summed E-state index contributed by atoms with van der Waals surface area (Å²) in [7, 11) is 0. The number of hydrogen-bond donors (Lipinski definition) is 0. The Morgan fingerprint density at radius 3 is 1.28 bits per heavy atom. The van der Waals surface area contributed by atoms with Gasteiger partial charge in [-0.3, -0.25) is 0 Å². The summed E-state index contributed by atoms with van der Waals surface area (Å²) in [6.07, 6.45) is 0. The van der Waals surface area contributed by atoms with Gasteiger partial charge in [-0.15, -0.1) is 34.0 Å². The molecule has 5 heterocycles. The number of aromatic nitrogens is 2. The normalized spacial score (nSPS) is 12.1. The highest BCUT2D eigenvalue weighted by atomic mass is 32.1. The number of rotatable bonds is 4. The molecule has 0 saturated heterocycles. The van der Waals surface area contributed by atoms with E-state index in [0.717, 1.165) is 96.9 Å². The van der Waals surface area contributed by atoms with Crippen LogP contribution in [0.2, 0.25) is 0 Å². The highest BCUT2D eigenvalue weighted by Gasteiger charge is 2.34. The molecule has 15 rings (SSSR count). The molecule has 0 aliphatic rings. The molecule has 7 heteroatoms. The maximum atomic E-state index is 12.2. The Morgan fingerprint density at radius 2 is 0.803 bits per heavy atom. The Bertz CT molecular complexity index is 4810. The minimum absolute atomic E-state index is 0.445. The Balaban J connectivity index is 1.28. The van der Waals surface area contributed by atoms with Crippen LogP contribution in [0, 0.1) is 31.8 Å². The summed E-state index contributed by atoms with van der Waals surface area (Å²) in [5, 5.41) is 23.9. The van der Waals surface area contributed by atoms with E-state index < -0.39 is 0 Å². The van der Waals surface area contributed by atoms with E-state index in [1.165, 1.54) is 46.4 Å². The number of fused-ring (bicyclic) bond motifs is 18. The van der Waals surface area contributed by atoms with Crippen LogP contribution < -0.4 is 0 Å². The molecule has 0 unspecified atom stereocenters. The fourth-order valence-corrected chi connectivity index (χ4v) is 15.5. The molecule has 10 aromatic carbocycles. The van der Waals surface area contributed by atoms with Gasteiger partial charge in [0.2, 0.25) is 5.69 Å². The zero-order valence-corrected chi connectivity index (χ0v) is 40.8. The van der Waals surface area contributed by atoms with E-state index in [9.17, 15) is 11.8 Å². The number of aryl methyl sites for hydroxylation is 2. The van der Waals surface area contributed by atoms with Crippen LogP contribution in [0.5, 0.6) is 0 Å². The molecule has 0 spiro atoms.